The van der Waals surface area contributed by atoms with Crippen LogP contribution in [0.25, 0.3) is 22.4 Å². The van der Waals surface area contributed by atoms with E-state index in [1.165, 1.54) is 12.1 Å². The van der Waals surface area contributed by atoms with E-state index in [1.54, 1.807) is 12.1 Å². The van der Waals surface area contributed by atoms with Gasteiger partial charge in [-0.1, -0.05) is 54.6 Å². The summed E-state index contributed by atoms with van der Waals surface area (Å²) in [5.41, 5.74) is 3.29. The fraction of sp³-hybridized carbons (Fsp3) is 0.0385. The fourth-order valence-corrected chi connectivity index (χ4v) is 3.34. The first-order chi connectivity index (χ1) is 15.1. The van der Waals surface area contributed by atoms with Gasteiger partial charge in [0.05, 0.1) is 16.6 Å². The van der Waals surface area contributed by atoms with Gasteiger partial charge in [-0.15, -0.1) is 0 Å². The summed E-state index contributed by atoms with van der Waals surface area (Å²) in [5, 5.41) is 22.6. The highest BCUT2D eigenvalue weighted by molar-refractivity contribution is 6.01. The standard InChI is InChI=1S/C26H18N2O3/c27-17-22(26-7-3-5-21-4-1-2-6-25(21)26)16-19-10-14-24(15-11-19)31-18-20-8-12-23(13-9-20)28(29)30/h1-16H,18H2/b22-16-. The van der Waals surface area contributed by atoms with Crippen LogP contribution in [0.3, 0.4) is 0 Å². The van der Waals surface area contributed by atoms with Gasteiger partial charge < -0.3 is 4.74 Å². The van der Waals surface area contributed by atoms with Gasteiger partial charge in [-0.05, 0) is 52.2 Å². The molecule has 0 fully saturated rings. The molecule has 4 aromatic rings. The van der Waals surface area contributed by atoms with Crippen molar-refractivity contribution in [2.45, 2.75) is 6.61 Å². The van der Waals surface area contributed by atoms with Gasteiger partial charge in [-0.2, -0.15) is 5.26 Å². The van der Waals surface area contributed by atoms with E-state index >= 15 is 0 Å². The van der Waals surface area contributed by atoms with Crippen molar-refractivity contribution in [3.05, 3.63) is 118 Å². The fourth-order valence-electron chi connectivity index (χ4n) is 3.34. The number of nitro groups is 1. The van der Waals surface area contributed by atoms with Crippen LogP contribution in [-0.4, -0.2) is 4.92 Å². The number of nitrogens with zero attached hydrogens (tertiary/aromatic N) is 2. The Hall–Kier alpha value is -4.43. The molecule has 0 spiro atoms. The summed E-state index contributed by atoms with van der Waals surface area (Å²) in [4.78, 5) is 10.3. The molecule has 5 heteroatoms. The summed E-state index contributed by atoms with van der Waals surface area (Å²) in [6.45, 7) is 0.312. The van der Waals surface area contributed by atoms with Crippen LogP contribution in [0.15, 0.2) is 91.0 Å². The molecular formula is C26H18N2O3. The highest BCUT2D eigenvalue weighted by Crippen LogP contribution is 2.27. The summed E-state index contributed by atoms with van der Waals surface area (Å²) in [5.74, 6) is 0.680. The molecule has 0 saturated carbocycles. The molecule has 150 valence electrons. The van der Waals surface area contributed by atoms with E-state index in [9.17, 15) is 15.4 Å². The van der Waals surface area contributed by atoms with Gasteiger partial charge in [0.15, 0.2) is 0 Å². The van der Waals surface area contributed by atoms with Crippen molar-refractivity contribution < 1.29 is 9.66 Å². The van der Waals surface area contributed by atoms with E-state index in [0.717, 1.165) is 27.5 Å². The summed E-state index contributed by atoms with van der Waals surface area (Å²) in [7, 11) is 0. The molecule has 0 saturated heterocycles. The van der Waals surface area contributed by atoms with Gasteiger partial charge in [0, 0.05) is 17.7 Å². The second-order valence-corrected chi connectivity index (χ2v) is 6.98. The van der Waals surface area contributed by atoms with Crippen LogP contribution in [0.4, 0.5) is 5.69 Å². The molecule has 0 aliphatic carbocycles. The third kappa shape index (κ3) is 4.60. The molecule has 0 amide bonds. The summed E-state index contributed by atoms with van der Waals surface area (Å²) >= 11 is 0. The molecule has 0 bridgehead atoms. The van der Waals surface area contributed by atoms with Crippen LogP contribution in [0, 0.1) is 21.4 Å². The van der Waals surface area contributed by atoms with E-state index in [0.29, 0.717) is 17.9 Å². The Labute approximate surface area is 179 Å². The van der Waals surface area contributed by atoms with Gasteiger partial charge in [0.2, 0.25) is 0 Å². The molecule has 0 N–H and O–H groups in total. The molecule has 0 atom stereocenters. The number of allylic oxidation sites excluding steroid dienone is 1. The maximum absolute atomic E-state index is 10.7. The van der Waals surface area contributed by atoms with Crippen LogP contribution >= 0.6 is 0 Å². The zero-order valence-electron chi connectivity index (χ0n) is 16.6. The highest BCUT2D eigenvalue weighted by atomic mass is 16.6. The number of rotatable bonds is 6. The number of nitriles is 1. The van der Waals surface area contributed by atoms with Crippen molar-refractivity contribution in [2.75, 3.05) is 0 Å². The lowest BCUT2D eigenvalue weighted by Gasteiger charge is -2.08. The molecule has 0 heterocycles. The first-order valence-corrected chi connectivity index (χ1v) is 9.70. The van der Waals surface area contributed by atoms with Crippen LogP contribution in [0.1, 0.15) is 16.7 Å². The number of non-ortho nitro benzene ring substituents is 1. The zero-order chi connectivity index (χ0) is 21.6. The largest absolute Gasteiger partial charge is 0.489 e. The number of fused-ring (bicyclic) bond motifs is 1. The Morgan fingerprint density at radius 1 is 0.935 bits per heavy atom. The van der Waals surface area contributed by atoms with Crippen LogP contribution in [-0.2, 0) is 6.61 Å². The van der Waals surface area contributed by atoms with Crippen molar-refractivity contribution in [1.29, 1.82) is 5.26 Å². The highest BCUT2D eigenvalue weighted by Gasteiger charge is 2.07. The van der Waals surface area contributed by atoms with Crippen LogP contribution in [0.5, 0.6) is 5.75 Å². The van der Waals surface area contributed by atoms with Crippen LogP contribution in [0.2, 0.25) is 0 Å². The zero-order valence-corrected chi connectivity index (χ0v) is 16.6. The predicted molar refractivity (Wildman–Crippen MR) is 121 cm³/mol. The average molecular weight is 406 g/mol. The van der Waals surface area contributed by atoms with Crippen molar-refractivity contribution in [3.8, 4) is 11.8 Å². The third-order valence-electron chi connectivity index (χ3n) is 4.94. The van der Waals surface area contributed by atoms with Gasteiger partial charge in [0.25, 0.3) is 5.69 Å². The summed E-state index contributed by atoms with van der Waals surface area (Å²) in [6.07, 6.45) is 1.86. The normalized spacial score (nSPS) is 11.1. The maximum atomic E-state index is 10.7. The third-order valence-corrected chi connectivity index (χ3v) is 4.94. The Morgan fingerprint density at radius 3 is 2.35 bits per heavy atom. The molecule has 0 radical (unpaired) electrons. The van der Waals surface area contributed by atoms with Crippen LogP contribution < -0.4 is 4.74 Å². The molecule has 31 heavy (non-hydrogen) atoms. The monoisotopic (exact) mass is 406 g/mol. The first kappa shape index (κ1) is 19.9. The first-order valence-electron chi connectivity index (χ1n) is 9.70. The topological polar surface area (TPSA) is 76.2 Å². The Morgan fingerprint density at radius 2 is 1.65 bits per heavy atom. The van der Waals surface area contributed by atoms with E-state index in [4.69, 9.17) is 4.74 Å². The SMILES string of the molecule is N#C/C(=C/c1ccc(OCc2ccc([N+](=O)[O-])cc2)cc1)c1cccc2ccccc12. The summed E-state index contributed by atoms with van der Waals surface area (Å²) in [6, 6.07) is 30.0. The molecule has 5 nitrogen and oxygen atoms in total. The Bertz CT molecular complexity index is 1300. The average Bonchev–Trinajstić information content (AvgIpc) is 2.82. The smallest absolute Gasteiger partial charge is 0.269 e. The molecule has 4 aromatic carbocycles. The maximum Gasteiger partial charge on any atom is 0.269 e. The van der Waals surface area contributed by atoms with E-state index in [1.807, 2.05) is 72.8 Å². The van der Waals surface area contributed by atoms with E-state index < -0.39 is 4.92 Å². The molecule has 0 aliphatic heterocycles. The second-order valence-electron chi connectivity index (χ2n) is 6.98. The van der Waals surface area contributed by atoms with Crippen molar-refractivity contribution in [1.82, 2.24) is 0 Å². The quantitative estimate of drug-likeness (QED) is 0.161. The molecule has 0 aromatic heterocycles. The Kier molecular flexibility index (Phi) is 5.72. The second kappa shape index (κ2) is 8.93. The molecule has 0 aliphatic rings. The Balaban J connectivity index is 1.50. The molecular weight excluding hydrogens is 388 g/mol. The van der Waals surface area contributed by atoms with E-state index in [-0.39, 0.29) is 5.69 Å². The van der Waals surface area contributed by atoms with Crippen molar-refractivity contribution in [2.24, 2.45) is 0 Å². The van der Waals surface area contributed by atoms with Crippen molar-refractivity contribution >= 4 is 28.1 Å². The number of hydrogen-bond donors (Lipinski definition) is 0. The van der Waals surface area contributed by atoms with Gasteiger partial charge in [-0.25, -0.2) is 0 Å². The minimum absolute atomic E-state index is 0.0550. The lowest BCUT2D eigenvalue weighted by Crippen LogP contribution is -1.96. The van der Waals surface area contributed by atoms with E-state index in [2.05, 4.69) is 6.07 Å². The molecule has 0 unspecified atom stereocenters. The minimum atomic E-state index is -0.426. The lowest BCUT2D eigenvalue weighted by molar-refractivity contribution is -0.384. The molecule has 4 rings (SSSR count). The van der Waals surface area contributed by atoms with Gasteiger partial charge >= 0.3 is 0 Å². The minimum Gasteiger partial charge on any atom is -0.489 e. The van der Waals surface area contributed by atoms with Gasteiger partial charge in [0.1, 0.15) is 12.4 Å². The lowest BCUT2D eigenvalue weighted by atomic mass is 9.97. The van der Waals surface area contributed by atoms with Gasteiger partial charge in [-0.3, -0.25) is 10.1 Å². The predicted octanol–water partition coefficient (Wildman–Crippen LogP) is 6.39. The number of ether oxygens (including phenoxy) is 1. The van der Waals surface area contributed by atoms with Crippen molar-refractivity contribution in [3.63, 3.8) is 0 Å². The number of hydrogen-bond acceptors (Lipinski definition) is 4. The number of benzene rings is 4. The summed E-state index contributed by atoms with van der Waals surface area (Å²) < 4.78 is 5.77. The number of nitro benzene ring substituents is 1.